The van der Waals surface area contributed by atoms with Gasteiger partial charge in [-0.25, -0.2) is 4.79 Å². The first-order chi connectivity index (χ1) is 9.35. The number of nitrogens with zero attached hydrogens (tertiary/aromatic N) is 1. The molecule has 0 bridgehead atoms. The SMILES string of the molecule is CC(C)(C)OC(=O)N1CCC[C@@H](c2ccc([NH3+])cc2)C1. The molecule has 0 aromatic heterocycles. The van der Waals surface area contributed by atoms with Crippen LogP contribution in [0.5, 0.6) is 0 Å². The van der Waals surface area contributed by atoms with E-state index >= 15 is 0 Å². The molecule has 1 aliphatic rings. The summed E-state index contributed by atoms with van der Waals surface area (Å²) in [6.07, 6.45) is 1.95. The van der Waals surface area contributed by atoms with Gasteiger partial charge in [-0.2, -0.15) is 0 Å². The second kappa shape index (κ2) is 5.83. The average Bonchev–Trinajstić information content (AvgIpc) is 2.38. The maximum absolute atomic E-state index is 12.1. The minimum Gasteiger partial charge on any atom is -0.444 e. The number of hydrogen-bond acceptors (Lipinski definition) is 2. The number of hydrogen-bond donors (Lipinski definition) is 1. The predicted molar refractivity (Wildman–Crippen MR) is 78.8 cm³/mol. The van der Waals surface area contributed by atoms with Gasteiger partial charge in [0, 0.05) is 19.0 Å². The summed E-state index contributed by atoms with van der Waals surface area (Å²) in [5.41, 5.74) is 5.78. The molecule has 110 valence electrons. The van der Waals surface area contributed by atoms with Gasteiger partial charge < -0.3 is 15.4 Å². The fourth-order valence-electron chi connectivity index (χ4n) is 2.53. The van der Waals surface area contributed by atoms with E-state index in [1.54, 1.807) is 0 Å². The average molecular weight is 277 g/mol. The van der Waals surface area contributed by atoms with Crippen LogP contribution in [0.2, 0.25) is 0 Å². The van der Waals surface area contributed by atoms with Crippen LogP contribution in [0.4, 0.5) is 10.5 Å². The molecule has 1 aromatic rings. The van der Waals surface area contributed by atoms with Crippen molar-refractivity contribution in [2.24, 2.45) is 0 Å². The Balaban J connectivity index is 2.01. The van der Waals surface area contributed by atoms with Gasteiger partial charge in [-0.3, -0.25) is 0 Å². The smallest absolute Gasteiger partial charge is 0.410 e. The Hall–Kier alpha value is -1.55. The topological polar surface area (TPSA) is 57.2 Å². The van der Waals surface area contributed by atoms with Gasteiger partial charge >= 0.3 is 6.09 Å². The lowest BCUT2D eigenvalue weighted by atomic mass is 9.91. The second-order valence-electron chi connectivity index (χ2n) is 6.51. The minimum absolute atomic E-state index is 0.198. The largest absolute Gasteiger partial charge is 0.444 e. The van der Waals surface area contributed by atoms with Crippen LogP contribution < -0.4 is 5.73 Å². The molecule has 20 heavy (non-hydrogen) atoms. The Labute approximate surface area is 120 Å². The Bertz CT molecular complexity index is 462. The fourth-order valence-corrected chi connectivity index (χ4v) is 2.53. The van der Waals surface area contributed by atoms with Crippen molar-refractivity contribution in [3.63, 3.8) is 0 Å². The quantitative estimate of drug-likeness (QED) is 0.858. The van der Waals surface area contributed by atoms with Crippen LogP contribution in [-0.4, -0.2) is 29.7 Å². The molecule has 3 N–H and O–H groups in total. The third-order valence-electron chi connectivity index (χ3n) is 3.52. The van der Waals surface area contributed by atoms with Crippen molar-refractivity contribution in [1.29, 1.82) is 0 Å². The Kier molecular flexibility index (Phi) is 4.33. The van der Waals surface area contributed by atoms with Crippen LogP contribution in [0, 0.1) is 0 Å². The molecule has 4 heteroatoms. The van der Waals surface area contributed by atoms with Crippen LogP contribution in [0.25, 0.3) is 0 Å². The Morgan fingerprint density at radius 2 is 1.95 bits per heavy atom. The number of piperidine rings is 1. The Morgan fingerprint density at radius 3 is 2.55 bits per heavy atom. The number of ether oxygens (including phenoxy) is 1. The van der Waals surface area contributed by atoms with Crippen LogP contribution in [0.1, 0.15) is 45.1 Å². The van der Waals surface area contributed by atoms with Crippen molar-refractivity contribution in [1.82, 2.24) is 4.90 Å². The molecule has 0 radical (unpaired) electrons. The lowest BCUT2D eigenvalue weighted by Gasteiger charge is -2.34. The zero-order valence-electron chi connectivity index (χ0n) is 12.7. The molecule has 0 saturated carbocycles. The normalized spacial score (nSPS) is 19.8. The number of carbonyl (C=O) groups is 1. The molecule has 0 unspecified atom stereocenters. The third-order valence-corrected chi connectivity index (χ3v) is 3.52. The molecule has 4 nitrogen and oxygen atoms in total. The summed E-state index contributed by atoms with van der Waals surface area (Å²) in [4.78, 5) is 14.0. The molecular formula is C16H25N2O2+. The summed E-state index contributed by atoms with van der Waals surface area (Å²) in [7, 11) is 0. The van der Waals surface area contributed by atoms with Gasteiger partial charge in [0.2, 0.25) is 0 Å². The van der Waals surface area contributed by atoms with Gasteiger partial charge in [-0.05, 0) is 51.3 Å². The molecule has 1 atom stereocenters. The standard InChI is InChI=1S/C16H24N2O2/c1-16(2,3)20-15(19)18-10-4-5-13(11-18)12-6-8-14(17)9-7-12/h6-9,13H,4-5,10-11,17H2,1-3H3/p+1/t13-/m1/s1. The second-order valence-corrected chi connectivity index (χ2v) is 6.51. The van der Waals surface area contributed by atoms with Gasteiger partial charge in [-0.15, -0.1) is 0 Å². The van der Waals surface area contributed by atoms with Gasteiger partial charge in [0.05, 0.1) is 0 Å². The van der Waals surface area contributed by atoms with Gasteiger partial charge in [-0.1, -0.05) is 12.1 Å². The fraction of sp³-hybridized carbons (Fsp3) is 0.562. The first-order valence-electron chi connectivity index (χ1n) is 7.25. The molecule has 1 aliphatic heterocycles. The summed E-state index contributed by atoms with van der Waals surface area (Å²) in [5, 5.41) is 0. The minimum atomic E-state index is -0.431. The summed E-state index contributed by atoms with van der Waals surface area (Å²) in [5.74, 6) is 0.400. The first-order valence-corrected chi connectivity index (χ1v) is 7.25. The maximum Gasteiger partial charge on any atom is 0.410 e. The molecule has 1 aromatic carbocycles. The van der Waals surface area contributed by atoms with Crippen LogP contribution in [0.3, 0.4) is 0 Å². The Morgan fingerprint density at radius 1 is 1.30 bits per heavy atom. The molecule has 1 fully saturated rings. The zero-order valence-corrected chi connectivity index (χ0v) is 12.7. The third kappa shape index (κ3) is 3.97. The van der Waals surface area contributed by atoms with E-state index in [1.165, 1.54) is 5.56 Å². The van der Waals surface area contributed by atoms with Crippen molar-refractivity contribution >= 4 is 11.8 Å². The molecule has 1 heterocycles. The summed E-state index contributed by atoms with van der Waals surface area (Å²) in [6, 6.07) is 8.29. The number of carbonyl (C=O) groups excluding carboxylic acids is 1. The lowest BCUT2D eigenvalue weighted by Crippen LogP contribution is -2.42. The lowest BCUT2D eigenvalue weighted by molar-refractivity contribution is -0.254. The van der Waals surface area contributed by atoms with Gasteiger partial charge in [0.15, 0.2) is 0 Å². The van der Waals surface area contributed by atoms with E-state index in [0.29, 0.717) is 5.92 Å². The number of amides is 1. The monoisotopic (exact) mass is 277 g/mol. The van der Waals surface area contributed by atoms with Crippen LogP contribution in [0.15, 0.2) is 24.3 Å². The van der Waals surface area contributed by atoms with Gasteiger partial charge in [0.1, 0.15) is 11.3 Å². The maximum atomic E-state index is 12.1. The van der Waals surface area contributed by atoms with Crippen molar-refractivity contribution < 1.29 is 15.3 Å². The van der Waals surface area contributed by atoms with Crippen LogP contribution >= 0.6 is 0 Å². The van der Waals surface area contributed by atoms with E-state index < -0.39 is 5.60 Å². The predicted octanol–water partition coefficient (Wildman–Crippen LogP) is 2.67. The summed E-state index contributed by atoms with van der Waals surface area (Å²) < 4.78 is 5.46. The van der Waals surface area contributed by atoms with Crippen LogP contribution in [-0.2, 0) is 4.74 Å². The number of likely N-dealkylation sites (tertiary alicyclic amines) is 1. The summed E-state index contributed by atoms with van der Waals surface area (Å²) >= 11 is 0. The highest BCUT2D eigenvalue weighted by molar-refractivity contribution is 5.68. The van der Waals surface area contributed by atoms with Gasteiger partial charge in [0.25, 0.3) is 0 Å². The van der Waals surface area contributed by atoms with Crippen molar-refractivity contribution in [2.45, 2.75) is 45.1 Å². The molecule has 1 amide bonds. The van der Waals surface area contributed by atoms with Crippen molar-refractivity contribution in [3.8, 4) is 0 Å². The molecular weight excluding hydrogens is 252 g/mol. The molecule has 2 rings (SSSR count). The molecule has 0 aliphatic carbocycles. The van der Waals surface area contributed by atoms with E-state index in [4.69, 9.17) is 4.74 Å². The number of quaternary nitrogens is 1. The van der Waals surface area contributed by atoms with E-state index in [1.807, 2.05) is 37.8 Å². The highest BCUT2D eigenvalue weighted by atomic mass is 16.6. The number of benzene rings is 1. The van der Waals surface area contributed by atoms with E-state index in [9.17, 15) is 4.79 Å². The van der Waals surface area contributed by atoms with E-state index in [2.05, 4.69) is 17.9 Å². The van der Waals surface area contributed by atoms with Crippen molar-refractivity contribution in [2.75, 3.05) is 13.1 Å². The molecule has 0 spiro atoms. The number of rotatable bonds is 1. The first kappa shape index (κ1) is 14.9. The zero-order chi connectivity index (χ0) is 14.8. The highest BCUT2D eigenvalue weighted by Crippen LogP contribution is 2.28. The summed E-state index contributed by atoms with van der Waals surface area (Å²) in [6.45, 7) is 7.24. The highest BCUT2D eigenvalue weighted by Gasteiger charge is 2.28. The molecule has 1 saturated heterocycles. The van der Waals surface area contributed by atoms with E-state index in [0.717, 1.165) is 31.6 Å². The van der Waals surface area contributed by atoms with E-state index in [-0.39, 0.29) is 6.09 Å². The van der Waals surface area contributed by atoms with Crippen molar-refractivity contribution in [3.05, 3.63) is 29.8 Å².